The van der Waals surface area contributed by atoms with Gasteiger partial charge in [-0.3, -0.25) is 4.79 Å². The van der Waals surface area contributed by atoms with Crippen molar-refractivity contribution < 1.29 is 14.3 Å². The Morgan fingerprint density at radius 1 is 1.28 bits per heavy atom. The molecular formula is C16H14BrN3O3S2. The first kappa shape index (κ1) is 18.0. The molecule has 3 rings (SSSR count). The molecule has 3 aromatic heterocycles. The van der Waals surface area contributed by atoms with Crippen molar-refractivity contribution in [2.45, 2.75) is 0 Å². The van der Waals surface area contributed by atoms with Gasteiger partial charge in [0, 0.05) is 28.4 Å². The van der Waals surface area contributed by atoms with Crippen molar-refractivity contribution in [1.82, 2.24) is 9.97 Å². The maximum Gasteiger partial charge on any atom is 0.275 e. The Balaban J connectivity index is 1.61. The van der Waals surface area contributed by atoms with Gasteiger partial charge < -0.3 is 14.8 Å². The summed E-state index contributed by atoms with van der Waals surface area (Å²) < 4.78 is 11.3. The SMILES string of the molecule is COCCOc1ccc(NC(=O)c2csc(-c3cc(Br)cs3)n2)cn1. The van der Waals surface area contributed by atoms with Crippen LogP contribution in [0.2, 0.25) is 0 Å². The Morgan fingerprint density at radius 2 is 2.16 bits per heavy atom. The first-order chi connectivity index (χ1) is 12.2. The number of amides is 1. The van der Waals surface area contributed by atoms with E-state index in [4.69, 9.17) is 9.47 Å². The van der Waals surface area contributed by atoms with Crippen LogP contribution >= 0.6 is 38.6 Å². The third-order valence-corrected chi connectivity index (χ3v) is 5.75. The minimum absolute atomic E-state index is 0.270. The third-order valence-electron chi connectivity index (χ3n) is 3.05. The van der Waals surface area contributed by atoms with E-state index < -0.39 is 0 Å². The van der Waals surface area contributed by atoms with Gasteiger partial charge in [0.1, 0.15) is 17.3 Å². The number of aromatic nitrogens is 2. The molecule has 1 N–H and O–H groups in total. The van der Waals surface area contributed by atoms with E-state index in [1.807, 2.05) is 11.4 Å². The quantitative estimate of drug-likeness (QED) is 0.555. The van der Waals surface area contributed by atoms with Crippen molar-refractivity contribution in [3.8, 4) is 15.8 Å². The lowest BCUT2D eigenvalue weighted by molar-refractivity contribution is 0.102. The number of hydrogen-bond acceptors (Lipinski definition) is 7. The molecule has 0 aliphatic carbocycles. The maximum atomic E-state index is 12.3. The van der Waals surface area contributed by atoms with Crippen molar-refractivity contribution in [1.29, 1.82) is 0 Å². The molecule has 3 aromatic rings. The summed E-state index contributed by atoms with van der Waals surface area (Å²) in [5.41, 5.74) is 0.961. The molecule has 0 aliphatic rings. The Labute approximate surface area is 161 Å². The highest BCUT2D eigenvalue weighted by Crippen LogP contribution is 2.32. The minimum Gasteiger partial charge on any atom is -0.475 e. The van der Waals surface area contributed by atoms with Crippen molar-refractivity contribution >= 4 is 50.2 Å². The number of rotatable bonds is 7. The lowest BCUT2D eigenvalue weighted by Gasteiger charge is -2.06. The van der Waals surface area contributed by atoms with Crippen LogP contribution in [0.4, 0.5) is 5.69 Å². The van der Waals surface area contributed by atoms with Crippen molar-refractivity contribution in [2.24, 2.45) is 0 Å². The molecule has 25 heavy (non-hydrogen) atoms. The molecule has 1 amide bonds. The van der Waals surface area contributed by atoms with Crippen molar-refractivity contribution in [2.75, 3.05) is 25.6 Å². The molecule has 130 valence electrons. The Morgan fingerprint density at radius 3 is 2.84 bits per heavy atom. The topological polar surface area (TPSA) is 73.3 Å². The van der Waals surface area contributed by atoms with Crippen molar-refractivity contribution in [3.63, 3.8) is 0 Å². The fraction of sp³-hybridized carbons (Fsp3) is 0.188. The Bertz CT molecular complexity index is 848. The number of nitrogens with zero attached hydrogens (tertiary/aromatic N) is 2. The molecule has 6 nitrogen and oxygen atoms in total. The van der Waals surface area contributed by atoms with E-state index in [9.17, 15) is 4.79 Å². The number of thiazole rings is 1. The number of nitrogens with one attached hydrogen (secondary N) is 1. The third kappa shape index (κ3) is 4.85. The number of halogens is 1. The maximum absolute atomic E-state index is 12.3. The van der Waals surface area contributed by atoms with Crippen LogP contribution in [-0.4, -0.2) is 36.2 Å². The van der Waals surface area contributed by atoms with Gasteiger partial charge in [0.05, 0.1) is 23.4 Å². The molecule has 0 unspecified atom stereocenters. The summed E-state index contributed by atoms with van der Waals surface area (Å²) in [6.45, 7) is 0.919. The Hall–Kier alpha value is -1.81. The minimum atomic E-state index is -0.270. The van der Waals surface area contributed by atoms with E-state index in [0.717, 1.165) is 14.4 Å². The highest BCUT2D eigenvalue weighted by molar-refractivity contribution is 9.10. The van der Waals surface area contributed by atoms with Gasteiger partial charge in [-0.05, 0) is 28.1 Å². The van der Waals surface area contributed by atoms with Crippen LogP contribution in [0.5, 0.6) is 5.88 Å². The van der Waals surface area contributed by atoms with Gasteiger partial charge in [0.2, 0.25) is 5.88 Å². The van der Waals surface area contributed by atoms with Gasteiger partial charge in [-0.25, -0.2) is 9.97 Å². The lowest BCUT2D eigenvalue weighted by Crippen LogP contribution is -2.12. The molecule has 0 saturated carbocycles. The second-order valence-electron chi connectivity index (χ2n) is 4.85. The summed E-state index contributed by atoms with van der Waals surface area (Å²) in [5, 5.41) is 7.33. The summed E-state index contributed by atoms with van der Waals surface area (Å²) in [5.74, 6) is 0.210. The summed E-state index contributed by atoms with van der Waals surface area (Å²) in [6, 6.07) is 5.41. The number of pyridine rings is 1. The van der Waals surface area contributed by atoms with Gasteiger partial charge in [-0.2, -0.15) is 0 Å². The fourth-order valence-corrected chi connectivity index (χ4v) is 4.19. The average Bonchev–Trinajstić information content (AvgIpc) is 3.25. The number of methoxy groups -OCH3 is 1. The molecule has 3 heterocycles. The number of carbonyl (C=O) groups is 1. The molecule has 0 spiro atoms. The van der Waals surface area contributed by atoms with Crippen LogP contribution in [0, 0.1) is 0 Å². The van der Waals surface area contributed by atoms with Crippen LogP contribution in [0.3, 0.4) is 0 Å². The standard InChI is InChI=1S/C16H14BrN3O3S2/c1-22-4-5-23-14-3-2-11(7-18-14)19-15(21)12-9-25-16(20-12)13-6-10(17)8-24-13/h2-3,6-9H,4-5H2,1H3,(H,19,21). The molecule has 0 fully saturated rings. The predicted molar refractivity (Wildman–Crippen MR) is 103 cm³/mol. The van der Waals surface area contributed by atoms with E-state index >= 15 is 0 Å². The second kappa shape index (κ2) is 8.52. The number of ether oxygens (including phenoxy) is 2. The first-order valence-corrected chi connectivity index (χ1v) is 9.80. The fourth-order valence-electron chi connectivity index (χ4n) is 1.88. The van der Waals surface area contributed by atoms with E-state index in [-0.39, 0.29) is 5.91 Å². The highest BCUT2D eigenvalue weighted by Gasteiger charge is 2.13. The lowest BCUT2D eigenvalue weighted by atomic mass is 10.3. The van der Waals surface area contributed by atoms with Crippen LogP contribution in [0.25, 0.3) is 9.88 Å². The normalized spacial score (nSPS) is 10.6. The summed E-state index contributed by atoms with van der Waals surface area (Å²) in [6.07, 6.45) is 1.55. The smallest absolute Gasteiger partial charge is 0.275 e. The highest BCUT2D eigenvalue weighted by atomic mass is 79.9. The van der Waals surface area contributed by atoms with Crippen LogP contribution < -0.4 is 10.1 Å². The average molecular weight is 440 g/mol. The van der Waals surface area contributed by atoms with Crippen LogP contribution in [-0.2, 0) is 4.74 Å². The number of hydrogen-bond donors (Lipinski definition) is 1. The zero-order valence-corrected chi connectivity index (χ0v) is 16.4. The number of anilines is 1. The van der Waals surface area contributed by atoms with Gasteiger partial charge in [-0.1, -0.05) is 0 Å². The van der Waals surface area contributed by atoms with Gasteiger partial charge >= 0.3 is 0 Å². The van der Waals surface area contributed by atoms with Gasteiger partial charge in [-0.15, -0.1) is 22.7 Å². The predicted octanol–water partition coefficient (Wildman–Crippen LogP) is 4.31. The molecule has 0 atom stereocenters. The van der Waals surface area contributed by atoms with Crippen LogP contribution in [0.15, 0.2) is 39.6 Å². The zero-order valence-electron chi connectivity index (χ0n) is 13.2. The molecule has 0 saturated heterocycles. The molecule has 0 bridgehead atoms. The molecule has 9 heteroatoms. The first-order valence-electron chi connectivity index (χ1n) is 7.25. The molecular weight excluding hydrogens is 426 g/mol. The monoisotopic (exact) mass is 439 g/mol. The number of thiophene rings is 1. The Kier molecular flexibility index (Phi) is 6.14. The van der Waals surface area contributed by atoms with E-state index in [1.165, 1.54) is 11.3 Å². The van der Waals surface area contributed by atoms with Gasteiger partial charge in [0.15, 0.2) is 0 Å². The molecule has 0 aromatic carbocycles. The molecule has 0 radical (unpaired) electrons. The van der Waals surface area contributed by atoms with E-state index in [2.05, 4.69) is 31.2 Å². The second-order valence-corrected chi connectivity index (χ2v) is 7.53. The van der Waals surface area contributed by atoms with Crippen molar-refractivity contribution in [3.05, 3.63) is 45.3 Å². The number of carbonyl (C=O) groups excluding carboxylic acids is 1. The zero-order chi connectivity index (χ0) is 17.6. The largest absolute Gasteiger partial charge is 0.475 e. The van der Waals surface area contributed by atoms with Crippen LogP contribution in [0.1, 0.15) is 10.5 Å². The summed E-state index contributed by atoms with van der Waals surface area (Å²) in [7, 11) is 1.61. The molecule has 0 aliphatic heterocycles. The van der Waals surface area contributed by atoms with E-state index in [0.29, 0.717) is 30.5 Å². The summed E-state index contributed by atoms with van der Waals surface area (Å²) >= 11 is 6.44. The summed E-state index contributed by atoms with van der Waals surface area (Å²) in [4.78, 5) is 21.9. The van der Waals surface area contributed by atoms with Gasteiger partial charge in [0.25, 0.3) is 5.91 Å². The van der Waals surface area contributed by atoms with E-state index in [1.54, 1.807) is 42.2 Å².